The molecular weight excluding hydrogens is 274 g/mol. The van der Waals surface area contributed by atoms with Crippen molar-refractivity contribution in [1.82, 2.24) is 15.2 Å². The Balaban J connectivity index is 2.83. The lowest BCUT2D eigenvalue weighted by atomic mass is 10.2. The first-order valence-corrected chi connectivity index (χ1v) is 6.54. The molecule has 7 heteroatoms. The summed E-state index contributed by atoms with van der Waals surface area (Å²) in [7, 11) is 1.65. The summed E-state index contributed by atoms with van der Waals surface area (Å²) in [6.07, 6.45) is 0. The highest BCUT2D eigenvalue weighted by molar-refractivity contribution is 5.97. The summed E-state index contributed by atoms with van der Waals surface area (Å²) in [4.78, 5) is 40.2. The van der Waals surface area contributed by atoms with Crippen LogP contribution in [-0.4, -0.2) is 52.4 Å². The van der Waals surface area contributed by atoms with Gasteiger partial charge in [-0.3, -0.25) is 9.59 Å². The van der Waals surface area contributed by atoms with Gasteiger partial charge in [-0.05, 0) is 32.9 Å². The molecule has 0 radical (unpaired) electrons. The molecule has 0 aliphatic rings. The number of aromatic nitrogens is 1. The van der Waals surface area contributed by atoms with Gasteiger partial charge in [0.2, 0.25) is 5.91 Å². The lowest BCUT2D eigenvalue weighted by Crippen LogP contribution is -2.45. The summed E-state index contributed by atoms with van der Waals surface area (Å²) in [5.41, 5.74) is 0.373. The van der Waals surface area contributed by atoms with Gasteiger partial charge in [0.15, 0.2) is 0 Å². The van der Waals surface area contributed by atoms with Crippen molar-refractivity contribution >= 4 is 17.8 Å². The standard InChI is InChI=1S/C14H19N3O4/c1-5-17(4)13(19)9(3)16-12(18)11-7-6-10(14(20)21)8(2)15-11/h6-7,9H,5H2,1-4H3,(H,16,18)(H,20,21). The number of carboxylic acids is 1. The Morgan fingerprint density at radius 2 is 2.00 bits per heavy atom. The largest absolute Gasteiger partial charge is 0.478 e. The predicted octanol–water partition coefficient (Wildman–Crippen LogP) is 0.685. The zero-order chi connectivity index (χ0) is 16.2. The molecule has 1 heterocycles. The van der Waals surface area contributed by atoms with Crippen LogP contribution >= 0.6 is 0 Å². The molecule has 0 saturated heterocycles. The molecule has 0 fully saturated rings. The lowest BCUT2D eigenvalue weighted by Gasteiger charge is -2.20. The van der Waals surface area contributed by atoms with Gasteiger partial charge in [0.1, 0.15) is 11.7 Å². The second-order valence-electron chi connectivity index (χ2n) is 4.68. The van der Waals surface area contributed by atoms with Gasteiger partial charge in [0.05, 0.1) is 11.3 Å². The Labute approximate surface area is 123 Å². The topological polar surface area (TPSA) is 99.6 Å². The number of amides is 2. The summed E-state index contributed by atoms with van der Waals surface area (Å²) in [6, 6.07) is 1.97. The fourth-order valence-corrected chi connectivity index (χ4v) is 1.73. The molecule has 0 spiro atoms. The van der Waals surface area contributed by atoms with Crippen LogP contribution in [0, 0.1) is 6.92 Å². The van der Waals surface area contributed by atoms with Gasteiger partial charge >= 0.3 is 5.97 Å². The number of likely N-dealkylation sites (N-methyl/N-ethyl adjacent to an activating group) is 1. The highest BCUT2D eigenvalue weighted by Crippen LogP contribution is 2.07. The van der Waals surface area contributed by atoms with E-state index in [1.165, 1.54) is 24.0 Å². The van der Waals surface area contributed by atoms with Gasteiger partial charge in [0.25, 0.3) is 5.91 Å². The van der Waals surface area contributed by atoms with Crippen LogP contribution in [0.15, 0.2) is 12.1 Å². The molecule has 7 nitrogen and oxygen atoms in total. The highest BCUT2D eigenvalue weighted by Gasteiger charge is 2.20. The number of carbonyl (C=O) groups excluding carboxylic acids is 2. The molecule has 2 N–H and O–H groups in total. The summed E-state index contributed by atoms with van der Waals surface area (Å²) in [6.45, 7) is 5.48. The van der Waals surface area contributed by atoms with Gasteiger partial charge in [-0.2, -0.15) is 0 Å². The Morgan fingerprint density at radius 1 is 1.38 bits per heavy atom. The van der Waals surface area contributed by atoms with E-state index >= 15 is 0 Å². The predicted molar refractivity (Wildman–Crippen MR) is 76.2 cm³/mol. The van der Waals surface area contributed by atoms with Crippen molar-refractivity contribution in [1.29, 1.82) is 0 Å². The van der Waals surface area contributed by atoms with E-state index in [4.69, 9.17) is 5.11 Å². The first kappa shape index (κ1) is 16.6. The highest BCUT2D eigenvalue weighted by atomic mass is 16.4. The number of carbonyl (C=O) groups is 3. The molecule has 1 unspecified atom stereocenters. The van der Waals surface area contributed by atoms with Crippen molar-refractivity contribution in [3.8, 4) is 0 Å². The minimum Gasteiger partial charge on any atom is -0.478 e. The van der Waals surface area contributed by atoms with E-state index in [1.54, 1.807) is 14.0 Å². The monoisotopic (exact) mass is 293 g/mol. The lowest BCUT2D eigenvalue weighted by molar-refractivity contribution is -0.131. The maximum atomic E-state index is 12.0. The molecule has 0 aromatic carbocycles. The number of aryl methyl sites for hydroxylation is 1. The molecule has 0 aliphatic heterocycles. The van der Waals surface area contributed by atoms with E-state index in [1.807, 2.05) is 6.92 Å². The molecule has 0 aliphatic carbocycles. The average molecular weight is 293 g/mol. The van der Waals surface area contributed by atoms with Gasteiger partial charge < -0.3 is 15.3 Å². The third kappa shape index (κ3) is 4.01. The Hall–Kier alpha value is -2.44. The molecule has 1 aromatic heterocycles. The van der Waals surface area contributed by atoms with Crippen LogP contribution in [0.2, 0.25) is 0 Å². The van der Waals surface area contributed by atoms with E-state index in [-0.39, 0.29) is 22.9 Å². The van der Waals surface area contributed by atoms with Gasteiger partial charge in [-0.25, -0.2) is 9.78 Å². The zero-order valence-corrected chi connectivity index (χ0v) is 12.5. The molecule has 114 valence electrons. The molecular formula is C14H19N3O4. The van der Waals surface area contributed by atoms with Crippen LogP contribution in [0.5, 0.6) is 0 Å². The van der Waals surface area contributed by atoms with E-state index in [2.05, 4.69) is 10.3 Å². The minimum absolute atomic E-state index is 0.0430. The van der Waals surface area contributed by atoms with Crippen LogP contribution in [0.1, 0.15) is 40.4 Å². The Morgan fingerprint density at radius 3 is 2.48 bits per heavy atom. The molecule has 0 bridgehead atoms. The molecule has 0 saturated carbocycles. The summed E-state index contributed by atoms with van der Waals surface area (Å²) < 4.78 is 0. The molecule has 1 aromatic rings. The van der Waals surface area contributed by atoms with Crippen LogP contribution in [0.4, 0.5) is 0 Å². The number of aromatic carboxylic acids is 1. The van der Waals surface area contributed by atoms with E-state index < -0.39 is 17.9 Å². The number of hydrogen-bond donors (Lipinski definition) is 2. The number of hydrogen-bond acceptors (Lipinski definition) is 4. The second kappa shape index (κ2) is 6.83. The molecule has 1 atom stereocenters. The maximum absolute atomic E-state index is 12.0. The number of carboxylic acid groups (broad SMARTS) is 1. The summed E-state index contributed by atoms with van der Waals surface area (Å²) in [5, 5.41) is 11.5. The third-order valence-electron chi connectivity index (χ3n) is 3.12. The van der Waals surface area contributed by atoms with Gasteiger partial charge in [-0.1, -0.05) is 0 Å². The zero-order valence-electron chi connectivity index (χ0n) is 12.5. The third-order valence-corrected chi connectivity index (χ3v) is 3.12. The Kier molecular flexibility index (Phi) is 5.40. The molecule has 1 rings (SSSR count). The fourth-order valence-electron chi connectivity index (χ4n) is 1.73. The van der Waals surface area contributed by atoms with Crippen molar-refractivity contribution < 1.29 is 19.5 Å². The minimum atomic E-state index is -1.10. The fraction of sp³-hybridized carbons (Fsp3) is 0.429. The second-order valence-corrected chi connectivity index (χ2v) is 4.68. The summed E-state index contributed by atoms with van der Waals surface area (Å²) in [5.74, 6) is -1.81. The average Bonchev–Trinajstić information content (AvgIpc) is 2.44. The number of pyridine rings is 1. The van der Waals surface area contributed by atoms with Crippen molar-refractivity contribution in [3.05, 3.63) is 29.1 Å². The SMILES string of the molecule is CCN(C)C(=O)C(C)NC(=O)c1ccc(C(=O)O)c(C)n1. The van der Waals surface area contributed by atoms with Crippen molar-refractivity contribution in [2.45, 2.75) is 26.8 Å². The van der Waals surface area contributed by atoms with Crippen LogP contribution in [0.25, 0.3) is 0 Å². The first-order chi connectivity index (χ1) is 9.77. The van der Waals surface area contributed by atoms with Crippen molar-refractivity contribution in [2.75, 3.05) is 13.6 Å². The number of rotatable bonds is 5. The van der Waals surface area contributed by atoms with Gasteiger partial charge in [0, 0.05) is 13.6 Å². The van der Waals surface area contributed by atoms with Crippen LogP contribution < -0.4 is 5.32 Å². The number of nitrogens with zero attached hydrogens (tertiary/aromatic N) is 2. The van der Waals surface area contributed by atoms with Crippen LogP contribution in [0.3, 0.4) is 0 Å². The normalized spacial score (nSPS) is 11.6. The first-order valence-electron chi connectivity index (χ1n) is 6.54. The van der Waals surface area contributed by atoms with E-state index in [0.29, 0.717) is 6.54 Å². The molecule has 2 amide bonds. The van der Waals surface area contributed by atoms with E-state index in [9.17, 15) is 14.4 Å². The number of nitrogens with one attached hydrogen (secondary N) is 1. The van der Waals surface area contributed by atoms with Crippen molar-refractivity contribution in [2.24, 2.45) is 0 Å². The van der Waals surface area contributed by atoms with E-state index in [0.717, 1.165) is 0 Å². The Bertz CT molecular complexity index is 571. The maximum Gasteiger partial charge on any atom is 0.337 e. The quantitative estimate of drug-likeness (QED) is 0.832. The smallest absolute Gasteiger partial charge is 0.337 e. The van der Waals surface area contributed by atoms with Crippen LogP contribution in [-0.2, 0) is 4.79 Å². The summed E-state index contributed by atoms with van der Waals surface area (Å²) >= 11 is 0. The van der Waals surface area contributed by atoms with Crippen molar-refractivity contribution in [3.63, 3.8) is 0 Å². The molecule has 21 heavy (non-hydrogen) atoms. The van der Waals surface area contributed by atoms with Gasteiger partial charge in [-0.15, -0.1) is 0 Å².